The van der Waals surface area contributed by atoms with E-state index >= 15 is 0 Å². The summed E-state index contributed by atoms with van der Waals surface area (Å²) in [4.78, 5) is 4.56. The van der Waals surface area contributed by atoms with E-state index in [2.05, 4.69) is 16.8 Å². The van der Waals surface area contributed by atoms with Crippen molar-refractivity contribution in [3.8, 4) is 0 Å². The van der Waals surface area contributed by atoms with Crippen LogP contribution in [0.1, 0.15) is 6.42 Å². The highest BCUT2D eigenvalue weighted by Gasteiger charge is 2.45. The standard InChI is InChI=1S/C10H21N3O2S/c1-12-3-5-13(6-4-12)10(8-11)2-7-16(14,15)9-10/h2-9,11H2,1H3. The van der Waals surface area contributed by atoms with E-state index in [1.54, 1.807) is 0 Å². The van der Waals surface area contributed by atoms with Crippen LogP contribution in [0.3, 0.4) is 0 Å². The van der Waals surface area contributed by atoms with Gasteiger partial charge < -0.3 is 10.6 Å². The first-order valence-electron chi connectivity index (χ1n) is 5.82. The van der Waals surface area contributed by atoms with E-state index in [-0.39, 0.29) is 11.3 Å². The Morgan fingerprint density at radius 1 is 1.25 bits per heavy atom. The first-order valence-corrected chi connectivity index (χ1v) is 7.64. The molecule has 94 valence electrons. The quantitative estimate of drug-likeness (QED) is 0.660. The molecule has 6 heteroatoms. The van der Waals surface area contributed by atoms with E-state index in [4.69, 9.17) is 5.73 Å². The molecule has 2 heterocycles. The monoisotopic (exact) mass is 247 g/mol. The van der Waals surface area contributed by atoms with Crippen LogP contribution in [0.15, 0.2) is 0 Å². The summed E-state index contributed by atoms with van der Waals surface area (Å²) in [5, 5.41) is 0. The number of nitrogens with two attached hydrogens (primary N) is 1. The minimum atomic E-state index is -2.86. The van der Waals surface area contributed by atoms with Gasteiger partial charge in [0.05, 0.1) is 11.5 Å². The summed E-state index contributed by atoms with van der Waals surface area (Å²) in [5.41, 5.74) is 5.56. The highest BCUT2D eigenvalue weighted by atomic mass is 32.2. The van der Waals surface area contributed by atoms with Crippen LogP contribution >= 0.6 is 0 Å². The summed E-state index contributed by atoms with van der Waals surface area (Å²) < 4.78 is 23.2. The molecule has 0 saturated carbocycles. The van der Waals surface area contributed by atoms with Gasteiger partial charge in [-0.2, -0.15) is 0 Å². The number of hydrogen-bond donors (Lipinski definition) is 1. The van der Waals surface area contributed by atoms with Gasteiger partial charge in [0, 0.05) is 38.3 Å². The van der Waals surface area contributed by atoms with E-state index in [0.717, 1.165) is 26.2 Å². The minimum Gasteiger partial charge on any atom is -0.329 e. The molecule has 2 aliphatic rings. The normalized spacial score (nSPS) is 36.6. The van der Waals surface area contributed by atoms with Crippen LogP contribution in [0.4, 0.5) is 0 Å². The number of piperazine rings is 1. The number of nitrogens with zero attached hydrogens (tertiary/aromatic N) is 2. The molecule has 1 atom stereocenters. The van der Waals surface area contributed by atoms with E-state index in [1.807, 2.05) is 0 Å². The minimum absolute atomic E-state index is 0.250. The molecule has 5 nitrogen and oxygen atoms in total. The lowest BCUT2D eigenvalue weighted by molar-refractivity contribution is 0.0603. The summed E-state index contributed by atoms with van der Waals surface area (Å²) in [7, 11) is -0.769. The lowest BCUT2D eigenvalue weighted by Crippen LogP contribution is -2.60. The molecule has 1 unspecified atom stereocenters. The number of hydrogen-bond acceptors (Lipinski definition) is 5. The van der Waals surface area contributed by atoms with E-state index < -0.39 is 9.84 Å². The predicted octanol–water partition coefficient (Wildman–Crippen LogP) is -1.25. The van der Waals surface area contributed by atoms with Gasteiger partial charge in [0.1, 0.15) is 0 Å². The third-order valence-electron chi connectivity index (χ3n) is 3.92. The molecule has 0 aromatic heterocycles. The maximum Gasteiger partial charge on any atom is 0.152 e. The Balaban J connectivity index is 2.11. The van der Waals surface area contributed by atoms with Gasteiger partial charge in [0.15, 0.2) is 9.84 Å². The van der Waals surface area contributed by atoms with Gasteiger partial charge in [-0.3, -0.25) is 4.90 Å². The molecule has 2 rings (SSSR count). The second-order valence-corrected chi connectivity index (χ2v) is 7.24. The smallest absolute Gasteiger partial charge is 0.152 e. The van der Waals surface area contributed by atoms with Gasteiger partial charge in [-0.25, -0.2) is 8.42 Å². The Labute approximate surface area is 97.5 Å². The summed E-state index contributed by atoms with van der Waals surface area (Å²) in [6, 6.07) is 0. The van der Waals surface area contributed by atoms with Crippen LogP contribution in [0, 0.1) is 0 Å². The maximum absolute atomic E-state index is 11.6. The first-order chi connectivity index (χ1) is 7.47. The highest BCUT2D eigenvalue weighted by molar-refractivity contribution is 7.91. The molecule has 16 heavy (non-hydrogen) atoms. The third-order valence-corrected chi connectivity index (χ3v) is 5.72. The SMILES string of the molecule is CN1CCN(C2(CN)CCS(=O)(=O)C2)CC1. The second kappa shape index (κ2) is 4.25. The van der Waals surface area contributed by atoms with Gasteiger partial charge in [0.25, 0.3) is 0 Å². The van der Waals surface area contributed by atoms with Crippen LogP contribution < -0.4 is 5.73 Å². The molecule has 2 saturated heterocycles. The van der Waals surface area contributed by atoms with Crippen molar-refractivity contribution >= 4 is 9.84 Å². The van der Waals surface area contributed by atoms with Crippen molar-refractivity contribution in [2.75, 3.05) is 51.3 Å². The Hall–Kier alpha value is -0.170. The molecule has 0 aromatic rings. The van der Waals surface area contributed by atoms with Crippen molar-refractivity contribution in [2.24, 2.45) is 5.73 Å². The van der Waals surface area contributed by atoms with Crippen molar-refractivity contribution in [1.82, 2.24) is 9.80 Å². The number of rotatable bonds is 2. The van der Waals surface area contributed by atoms with Gasteiger partial charge in [-0.05, 0) is 13.5 Å². The van der Waals surface area contributed by atoms with Crippen LogP contribution in [0.25, 0.3) is 0 Å². The van der Waals surface area contributed by atoms with Gasteiger partial charge in [0.2, 0.25) is 0 Å². The number of sulfone groups is 1. The molecule has 0 radical (unpaired) electrons. The first kappa shape index (κ1) is 12.3. The molecule has 2 aliphatic heterocycles. The zero-order chi connectivity index (χ0) is 11.8. The molecule has 2 fully saturated rings. The fraction of sp³-hybridized carbons (Fsp3) is 1.00. The van der Waals surface area contributed by atoms with Crippen LogP contribution in [-0.2, 0) is 9.84 Å². The summed E-state index contributed by atoms with van der Waals surface area (Å²) >= 11 is 0. The van der Waals surface area contributed by atoms with E-state index in [9.17, 15) is 8.42 Å². The Morgan fingerprint density at radius 3 is 2.31 bits per heavy atom. The fourth-order valence-corrected chi connectivity index (χ4v) is 4.82. The lowest BCUT2D eigenvalue weighted by Gasteiger charge is -2.44. The van der Waals surface area contributed by atoms with E-state index in [0.29, 0.717) is 18.7 Å². The Kier molecular flexibility index (Phi) is 3.27. The summed E-state index contributed by atoms with van der Waals surface area (Å²) in [5.74, 6) is 0.552. The molecular weight excluding hydrogens is 226 g/mol. The van der Waals surface area contributed by atoms with Gasteiger partial charge in [-0.1, -0.05) is 0 Å². The average Bonchev–Trinajstić information content (AvgIpc) is 2.57. The molecular formula is C10H21N3O2S. The van der Waals surface area contributed by atoms with Crippen molar-refractivity contribution in [1.29, 1.82) is 0 Å². The van der Waals surface area contributed by atoms with Crippen LogP contribution in [-0.4, -0.2) is 75.0 Å². The topological polar surface area (TPSA) is 66.6 Å². The van der Waals surface area contributed by atoms with Gasteiger partial charge >= 0.3 is 0 Å². The maximum atomic E-state index is 11.6. The molecule has 2 N–H and O–H groups in total. The van der Waals surface area contributed by atoms with Crippen molar-refractivity contribution in [3.63, 3.8) is 0 Å². The third kappa shape index (κ3) is 2.25. The highest BCUT2D eigenvalue weighted by Crippen LogP contribution is 2.29. The fourth-order valence-electron chi connectivity index (χ4n) is 2.72. The predicted molar refractivity (Wildman–Crippen MR) is 64.1 cm³/mol. The molecule has 0 spiro atoms. The van der Waals surface area contributed by atoms with Gasteiger partial charge in [-0.15, -0.1) is 0 Å². The Morgan fingerprint density at radius 2 is 1.88 bits per heavy atom. The summed E-state index contributed by atoms with van der Waals surface area (Å²) in [6.45, 7) is 4.33. The lowest BCUT2D eigenvalue weighted by atomic mass is 9.95. The number of likely N-dealkylation sites (N-methyl/N-ethyl adjacent to an activating group) is 1. The van der Waals surface area contributed by atoms with Crippen molar-refractivity contribution in [2.45, 2.75) is 12.0 Å². The zero-order valence-corrected chi connectivity index (χ0v) is 10.7. The molecule has 0 aromatic carbocycles. The largest absolute Gasteiger partial charge is 0.329 e. The molecule has 0 amide bonds. The summed E-state index contributed by atoms with van der Waals surface area (Å²) in [6.07, 6.45) is 0.704. The van der Waals surface area contributed by atoms with Crippen molar-refractivity contribution in [3.05, 3.63) is 0 Å². The zero-order valence-electron chi connectivity index (χ0n) is 9.85. The molecule has 0 aliphatic carbocycles. The molecule has 0 bridgehead atoms. The van der Waals surface area contributed by atoms with Crippen LogP contribution in [0.5, 0.6) is 0 Å². The second-order valence-electron chi connectivity index (χ2n) is 5.06. The van der Waals surface area contributed by atoms with Crippen molar-refractivity contribution < 1.29 is 8.42 Å². The van der Waals surface area contributed by atoms with Crippen LogP contribution in [0.2, 0.25) is 0 Å². The Bertz CT molecular complexity index is 349. The van der Waals surface area contributed by atoms with E-state index in [1.165, 1.54) is 0 Å². The average molecular weight is 247 g/mol.